The number of hydrogen-bond donors (Lipinski definition) is 1. The Bertz CT molecular complexity index is 1940. The summed E-state index contributed by atoms with van der Waals surface area (Å²) in [5.74, 6) is -1.94. The van der Waals surface area contributed by atoms with Crippen LogP contribution in [0, 0.1) is 17.6 Å². The lowest BCUT2D eigenvalue weighted by molar-refractivity contribution is -0.121. The van der Waals surface area contributed by atoms with Crippen LogP contribution in [0.1, 0.15) is 41.0 Å². The number of rotatable bonds is 5. The first kappa shape index (κ1) is 27.6. The third-order valence-corrected chi connectivity index (χ3v) is 8.69. The smallest absolute Gasteiger partial charge is 0.273 e. The molecule has 222 valence electrons. The van der Waals surface area contributed by atoms with Crippen molar-refractivity contribution in [3.8, 4) is 22.5 Å². The summed E-state index contributed by atoms with van der Waals surface area (Å²) in [5.41, 5.74) is 10.2. The van der Waals surface area contributed by atoms with Crippen LogP contribution in [0.15, 0.2) is 73.1 Å². The molecule has 2 aliphatic rings. The van der Waals surface area contributed by atoms with Gasteiger partial charge in [0.25, 0.3) is 5.91 Å². The van der Waals surface area contributed by atoms with E-state index in [-0.39, 0.29) is 35.0 Å². The summed E-state index contributed by atoms with van der Waals surface area (Å²) in [7, 11) is 0. The van der Waals surface area contributed by atoms with Gasteiger partial charge in [0, 0.05) is 48.7 Å². The molecule has 0 saturated carbocycles. The third kappa shape index (κ3) is 4.83. The Hall–Kier alpha value is -5.19. The molecule has 11 heteroatoms. The highest BCUT2D eigenvalue weighted by Gasteiger charge is 2.30. The highest BCUT2D eigenvalue weighted by atomic mass is 19.1. The van der Waals surface area contributed by atoms with Gasteiger partial charge in [0.05, 0.1) is 29.5 Å². The fourth-order valence-electron chi connectivity index (χ4n) is 6.31. The zero-order valence-electron chi connectivity index (χ0n) is 24.0. The van der Waals surface area contributed by atoms with Crippen LogP contribution >= 0.6 is 0 Å². The fourth-order valence-corrected chi connectivity index (χ4v) is 6.31. The average molecular weight is 594 g/mol. The number of amides is 2. The molecule has 0 radical (unpaired) electrons. The summed E-state index contributed by atoms with van der Waals surface area (Å²) in [5, 5.41) is 4.63. The Balaban J connectivity index is 1.28. The SMILES string of the molecule is C[C@@H]1c2ccccc2CCN1C(=O)c1cc(-c2cncc(F)c2)n2nc(-c3ccc(N4CC[C@H](C(N)=O)C4)cc3F)cc2n1. The van der Waals surface area contributed by atoms with E-state index in [1.807, 2.05) is 30.0 Å². The van der Waals surface area contributed by atoms with Gasteiger partial charge in [-0.3, -0.25) is 14.6 Å². The maximum atomic E-state index is 15.6. The summed E-state index contributed by atoms with van der Waals surface area (Å²) in [6.45, 7) is 3.56. The molecular weight excluding hydrogens is 564 g/mol. The van der Waals surface area contributed by atoms with E-state index in [1.165, 1.54) is 28.4 Å². The molecule has 9 nitrogen and oxygen atoms in total. The van der Waals surface area contributed by atoms with Crippen LogP contribution in [-0.2, 0) is 11.2 Å². The second kappa shape index (κ2) is 10.8. The van der Waals surface area contributed by atoms with Crippen LogP contribution in [0.4, 0.5) is 14.5 Å². The standard InChI is InChI=1S/C33H29F2N7O2/c1-19-25-5-3-2-4-20(25)9-11-41(19)33(44)29-14-30(22-12-23(34)17-37-16-22)42-31(38-29)15-28(39-42)26-7-6-24(13-27(26)35)40-10-8-21(18-40)32(36)43/h2-7,12-17,19,21H,8-11,18H2,1H3,(H2,36,43)/t19-,21+/m1/s1. The van der Waals surface area contributed by atoms with Gasteiger partial charge in [-0.1, -0.05) is 24.3 Å². The van der Waals surface area contributed by atoms with Crippen molar-refractivity contribution in [2.45, 2.75) is 25.8 Å². The number of benzene rings is 2. The molecular formula is C33H29F2N7O2. The van der Waals surface area contributed by atoms with Gasteiger partial charge in [0.1, 0.15) is 17.3 Å². The molecule has 5 aromatic rings. The molecule has 5 heterocycles. The minimum Gasteiger partial charge on any atom is -0.371 e. The van der Waals surface area contributed by atoms with Crippen LogP contribution in [0.2, 0.25) is 0 Å². The van der Waals surface area contributed by atoms with E-state index in [0.717, 1.165) is 18.2 Å². The van der Waals surface area contributed by atoms with Crippen molar-refractivity contribution in [1.29, 1.82) is 0 Å². The molecule has 0 spiro atoms. The van der Waals surface area contributed by atoms with Crippen molar-refractivity contribution < 1.29 is 18.4 Å². The van der Waals surface area contributed by atoms with Crippen molar-refractivity contribution >= 4 is 23.1 Å². The number of halogens is 2. The quantitative estimate of drug-likeness (QED) is 0.313. The van der Waals surface area contributed by atoms with Crippen LogP contribution in [0.25, 0.3) is 28.2 Å². The Kier molecular flexibility index (Phi) is 6.80. The number of carbonyl (C=O) groups is 2. The molecule has 7 rings (SSSR count). The monoisotopic (exact) mass is 593 g/mol. The second-order valence-electron chi connectivity index (χ2n) is 11.3. The summed E-state index contributed by atoms with van der Waals surface area (Å²) in [6, 6.07) is 17.2. The van der Waals surface area contributed by atoms with Gasteiger partial charge < -0.3 is 15.5 Å². The van der Waals surface area contributed by atoms with Crippen LogP contribution < -0.4 is 10.6 Å². The lowest BCUT2D eigenvalue weighted by Gasteiger charge is -2.35. The van der Waals surface area contributed by atoms with E-state index in [1.54, 1.807) is 29.2 Å². The Labute approximate surface area is 251 Å². The maximum absolute atomic E-state index is 15.6. The van der Waals surface area contributed by atoms with Crippen LogP contribution in [0.3, 0.4) is 0 Å². The van der Waals surface area contributed by atoms with E-state index in [2.05, 4.69) is 21.1 Å². The third-order valence-electron chi connectivity index (χ3n) is 8.69. The number of anilines is 1. The van der Waals surface area contributed by atoms with Gasteiger partial charge in [-0.15, -0.1) is 0 Å². The van der Waals surface area contributed by atoms with Crippen molar-refractivity contribution in [2.24, 2.45) is 11.7 Å². The molecule has 0 unspecified atom stereocenters. The maximum Gasteiger partial charge on any atom is 0.273 e. The topological polar surface area (TPSA) is 110 Å². The highest BCUT2D eigenvalue weighted by molar-refractivity contribution is 5.94. The van der Waals surface area contributed by atoms with E-state index in [4.69, 9.17) is 5.73 Å². The summed E-state index contributed by atoms with van der Waals surface area (Å²) in [6.07, 6.45) is 3.93. The first-order valence-corrected chi connectivity index (χ1v) is 14.5. The number of pyridine rings is 1. The Morgan fingerprint density at radius 2 is 1.84 bits per heavy atom. The van der Waals surface area contributed by atoms with Gasteiger partial charge in [-0.25, -0.2) is 18.3 Å². The highest BCUT2D eigenvalue weighted by Crippen LogP contribution is 2.33. The predicted molar refractivity (Wildman–Crippen MR) is 161 cm³/mol. The predicted octanol–water partition coefficient (Wildman–Crippen LogP) is 4.81. The van der Waals surface area contributed by atoms with Gasteiger partial charge >= 0.3 is 0 Å². The number of nitrogens with zero attached hydrogens (tertiary/aromatic N) is 6. The molecule has 3 aromatic heterocycles. The van der Waals surface area contributed by atoms with Gasteiger partial charge in [-0.2, -0.15) is 5.10 Å². The van der Waals surface area contributed by atoms with Crippen LogP contribution in [0.5, 0.6) is 0 Å². The second-order valence-corrected chi connectivity index (χ2v) is 11.3. The number of fused-ring (bicyclic) bond motifs is 2. The molecule has 44 heavy (non-hydrogen) atoms. The summed E-state index contributed by atoms with van der Waals surface area (Å²) in [4.78, 5) is 37.9. The van der Waals surface area contributed by atoms with E-state index < -0.39 is 11.6 Å². The zero-order chi connectivity index (χ0) is 30.5. The molecule has 1 fully saturated rings. The number of carbonyl (C=O) groups excluding carboxylic acids is 2. The van der Waals surface area contributed by atoms with Gasteiger partial charge in [0.15, 0.2) is 5.65 Å². The molecule has 0 bridgehead atoms. The van der Waals surface area contributed by atoms with E-state index in [9.17, 15) is 14.0 Å². The number of primary amides is 1. The van der Waals surface area contributed by atoms with E-state index in [0.29, 0.717) is 54.3 Å². The van der Waals surface area contributed by atoms with Gasteiger partial charge in [0.2, 0.25) is 5.91 Å². The molecule has 2 amide bonds. The number of nitrogens with two attached hydrogens (primary N) is 1. The Morgan fingerprint density at radius 3 is 2.61 bits per heavy atom. The average Bonchev–Trinajstić information content (AvgIpc) is 3.69. The lowest BCUT2D eigenvalue weighted by Crippen LogP contribution is -2.39. The normalized spacial score (nSPS) is 18.1. The summed E-state index contributed by atoms with van der Waals surface area (Å²) >= 11 is 0. The van der Waals surface area contributed by atoms with Crippen molar-refractivity contribution in [1.82, 2.24) is 24.5 Å². The molecule has 2 atom stereocenters. The van der Waals surface area contributed by atoms with Crippen molar-refractivity contribution in [3.63, 3.8) is 0 Å². The number of hydrogen-bond acceptors (Lipinski definition) is 6. The molecule has 2 N–H and O–H groups in total. The molecule has 0 aliphatic carbocycles. The first-order chi connectivity index (χ1) is 21.3. The first-order valence-electron chi connectivity index (χ1n) is 14.5. The zero-order valence-corrected chi connectivity index (χ0v) is 24.0. The molecule has 2 aromatic carbocycles. The Morgan fingerprint density at radius 1 is 1.00 bits per heavy atom. The lowest BCUT2D eigenvalue weighted by atomic mass is 9.93. The molecule has 2 aliphatic heterocycles. The largest absolute Gasteiger partial charge is 0.371 e. The van der Waals surface area contributed by atoms with Crippen molar-refractivity contribution in [3.05, 3.63) is 102 Å². The minimum absolute atomic E-state index is 0.160. The summed E-state index contributed by atoms with van der Waals surface area (Å²) < 4.78 is 31.3. The van der Waals surface area contributed by atoms with Gasteiger partial charge in [-0.05, 0) is 61.2 Å². The van der Waals surface area contributed by atoms with Crippen LogP contribution in [-0.4, -0.2) is 55.9 Å². The number of aromatic nitrogens is 4. The minimum atomic E-state index is -0.545. The fraction of sp³-hybridized carbons (Fsp3) is 0.242. The van der Waals surface area contributed by atoms with Crippen molar-refractivity contribution in [2.75, 3.05) is 24.5 Å². The van der Waals surface area contributed by atoms with E-state index >= 15 is 4.39 Å². The molecule has 1 saturated heterocycles.